The van der Waals surface area contributed by atoms with Crippen molar-refractivity contribution in [1.82, 2.24) is 19.7 Å². The van der Waals surface area contributed by atoms with Gasteiger partial charge in [-0.2, -0.15) is 15.1 Å². The lowest BCUT2D eigenvalue weighted by molar-refractivity contribution is 0.122. The molecule has 5 rings (SSSR count). The van der Waals surface area contributed by atoms with E-state index in [9.17, 15) is 0 Å². The van der Waals surface area contributed by atoms with E-state index >= 15 is 0 Å². The van der Waals surface area contributed by atoms with E-state index in [0.717, 1.165) is 35.6 Å². The molecule has 1 aliphatic rings. The van der Waals surface area contributed by atoms with Crippen LogP contribution in [0.3, 0.4) is 0 Å². The molecule has 0 bridgehead atoms. The minimum atomic E-state index is 0.0584. The van der Waals surface area contributed by atoms with Crippen molar-refractivity contribution < 1.29 is 4.74 Å². The Balaban J connectivity index is 1.59. The molecule has 31 heavy (non-hydrogen) atoms. The number of aromatic nitrogens is 4. The highest BCUT2D eigenvalue weighted by Gasteiger charge is 2.21. The van der Waals surface area contributed by atoms with E-state index in [1.54, 1.807) is 0 Å². The van der Waals surface area contributed by atoms with Crippen molar-refractivity contribution in [3.63, 3.8) is 0 Å². The van der Waals surface area contributed by atoms with Crippen LogP contribution in [0.5, 0.6) is 0 Å². The van der Waals surface area contributed by atoms with Gasteiger partial charge in [0, 0.05) is 18.1 Å². The van der Waals surface area contributed by atoms with Gasteiger partial charge in [-0.15, -0.1) is 0 Å². The predicted molar refractivity (Wildman–Crippen MR) is 123 cm³/mol. The third-order valence-corrected chi connectivity index (χ3v) is 5.69. The van der Waals surface area contributed by atoms with Crippen LogP contribution < -0.4 is 10.2 Å². The first-order valence-electron chi connectivity index (χ1n) is 10.3. The summed E-state index contributed by atoms with van der Waals surface area (Å²) in [6, 6.07) is 17.9. The standard InChI is InChI=1S/C23H23ClN6O/c1-16(17-5-3-2-4-6-17)26-23-27-21(29-11-13-31-14-12-29)20-15-25-30(22(20)28-23)19-9-7-18(24)8-10-19/h2-10,15-16H,11-14H2,1H3,(H,26,27,28)/t16-/m1/s1. The molecule has 158 valence electrons. The first kappa shape index (κ1) is 19.8. The second kappa shape index (κ2) is 8.53. The number of fused-ring (bicyclic) bond motifs is 1. The molecule has 0 aliphatic carbocycles. The molecule has 3 heterocycles. The molecule has 1 aliphatic heterocycles. The van der Waals surface area contributed by atoms with E-state index in [0.29, 0.717) is 24.2 Å². The molecule has 2 aromatic heterocycles. The van der Waals surface area contributed by atoms with Crippen molar-refractivity contribution >= 4 is 34.4 Å². The molecule has 8 heteroatoms. The Kier molecular flexibility index (Phi) is 5.44. The summed E-state index contributed by atoms with van der Waals surface area (Å²) >= 11 is 6.08. The van der Waals surface area contributed by atoms with E-state index in [-0.39, 0.29) is 6.04 Å². The number of ether oxygens (including phenoxy) is 1. The number of anilines is 2. The SMILES string of the molecule is C[C@@H](Nc1nc(N2CCOCC2)c2cnn(-c3ccc(Cl)cc3)c2n1)c1ccccc1. The fourth-order valence-electron chi connectivity index (χ4n) is 3.76. The van der Waals surface area contributed by atoms with Crippen LogP contribution in [-0.2, 0) is 4.74 Å². The van der Waals surface area contributed by atoms with E-state index in [1.807, 2.05) is 53.3 Å². The van der Waals surface area contributed by atoms with Gasteiger partial charge in [0.05, 0.1) is 36.5 Å². The summed E-state index contributed by atoms with van der Waals surface area (Å²) in [7, 11) is 0. The van der Waals surface area contributed by atoms with Crippen LogP contribution in [0.15, 0.2) is 60.8 Å². The number of morpholine rings is 1. The summed E-state index contributed by atoms with van der Waals surface area (Å²) in [5.74, 6) is 1.44. The van der Waals surface area contributed by atoms with Crippen molar-refractivity contribution in [3.05, 3.63) is 71.4 Å². The Hall–Kier alpha value is -3.16. The number of rotatable bonds is 5. The van der Waals surface area contributed by atoms with Gasteiger partial charge < -0.3 is 15.0 Å². The molecular weight excluding hydrogens is 412 g/mol. The molecule has 0 spiro atoms. The van der Waals surface area contributed by atoms with Crippen LogP contribution in [0.2, 0.25) is 5.02 Å². The van der Waals surface area contributed by atoms with Crippen molar-refractivity contribution in [1.29, 1.82) is 0 Å². The number of hydrogen-bond donors (Lipinski definition) is 1. The molecule has 1 atom stereocenters. The maximum atomic E-state index is 6.08. The summed E-state index contributed by atoms with van der Waals surface area (Å²) < 4.78 is 7.37. The zero-order valence-electron chi connectivity index (χ0n) is 17.2. The van der Waals surface area contributed by atoms with Gasteiger partial charge in [0.2, 0.25) is 5.95 Å². The maximum absolute atomic E-state index is 6.08. The zero-order valence-corrected chi connectivity index (χ0v) is 18.0. The van der Waals surface area contributed by atoms with E-state index in [1.165, 1.54) is 5.56 Å². The Morgan fingerprint density at radius 1 is 1.00 bits per heavy atom. The molecule has 4 aromatic rings. The third kappa shape index (κ3) is 4.06. The lowest BCUT2D eigenvalue weighted by Crippen LogP contribution is -2.37. The van der Waals surface area contributed by atoms with Crippen LogP contribution in [0.1, 0.15) is 18.5 Å². The topological polar surface area (TPSA) is 68.1 Å². The minimum Gasteiger partial charge on any atom is -0.378 e. The molecule has 1 saturated heterocycles. The van der Waals surface area contributed by atoms with E-state index in [2.05, 4.69) is 34.4 Å². The number of hydrogen-bond acceptors (Lipinski definition) is 6. The number of benzene rings is 2. The molecule has 1 N–H and O–H groups in total. The van der Waals surface area contributed by atoms with Gasteiger partial charge in [0.1, 0.15) is 5.82 Å². The highest BCUT2D eigenvalue weighted by atomic mass is 35.5. The van der Waals surface area contributed by atoms with Crippen molar-refractivity contribution in [3.8, 4) is 5.69 Å². The van der Waals surface area contributed by atoms with Gasteiger partial charge in [-0.05, 0) is 36.8 Å². The molecule has 0 radical (unpaired) electrons. The summed E-state index contributed by atoms with van der Waals surface area (Å²) in [5, 5.41) is 9.67. The molecule has 0 amide bonds. The minimum absolute atomic E-state index is 0.0584. The quantitative estimate of drug-likeness (QED) is 0.499. The second-order valence-electron chi connectivity index (χ2n) is 7.52. The van der Waals surface area contributed by atoms with Gasteiger partial charge in [-0.1, -0.05) is 41.9 Å². The Morgan fingerprint density at radius 3 is 2.48 bits per heavy atom. The van der Waals surface area contributed by atoms with Crippen LogP contribution in [0.25, 0.3) is 16.7 Å². The largest absolute Gasteiger partial charge is 0.378 e. The van der Waals surface area contributed by atoms with Gasteiger partial charge >= 0.3 is 0 Å². The Labute approximate surface area is 185 Å². The Bertz CT molecular complexity index is 1170. The van der Waals surface area contributed by atoms with Crippen molar-refractivity contribution in [2.24, 2.45) is 0 Å². The van der Waals surface area contributed by atoms with Gasteiger partial charge in [-0.3, -0.25) is 0 Å². The van der Waals surface area contributed by atoms with Crippen LogP contribution >= 0.6 is 11.6 Å². The van der Waals surface area contributed by atoms with Crippen LogP contribution in [-0.4, -0.2) is 46.1 Å². The van der Waals surface area contributed by atoms with Crippen LogP contribution in [0, 0.1) is 0 Å². The summed E-state index contributed by atoms with van der Waals surface area (Å²) in [6.07, 6.45) is 1.83. The lowest BCUT2D eigenvalue weighted by Gasteiger charge is -2.28. The molecule has 2 aromatic carbocycles. The number of halogens is 1. The molecule has 0 saturated carbocycles. The average Bonchev–Trinajstić information content (AvgIpc) is 3.24. The smallest absolute Gasteiger partial charge is 0.227 e. The van der Waals surface area contributed by atoms with E-state index in [4.69, 9.17) is 26.3 Å². The van der Waals surface area contributed by atoms with Gasteiger partial charge in [-0.25, -0.2) is 4.68 Å². The average molecular weight is 435 g/mol. The van der Waals surface area contributed by atoms with Crippen molar-refractivity contribution in [2.45, 2.75) is 13.0 Å². The Morgan fingerprint density at radius 2 is 1.74 bits per heavy atom. The first-order chi connectivity index (χ1) is 15.2. The number of nitrogens with one attached hydrogen (secondary N) is 1. The predicted octanol–water partition coefficient (Wildman–Crippen LogP) is 4.48. The van der Waals surface area contributed by atoms with Gasteiger partial charge in [0.15, 0.2) is 5.65 Å². The maximum Gasteiger partial charge on any atom is 0.227 e. The summed E-state index contributed by atoms with van der Waals surface area (Å²) in [4.78, 5) is 12.0. The second-order valence-corrected chi connectivity index (χ2v) is 7.95. The number of nitrogens with zero attached hydrogens (tertiary/aromatic N) is 5. The highest BCUT2D eigenvalue weighted by molar-refractivity contribution is 6.30. The lowest BCUT2D eigenvalue weighted by atomic mass is 10.1. The zero-order chi connectivity index (χ0) is 21.2. The highest BCUT2D eigenvalue weighted by Crippen LogP contribution is 2.29. The molecule has 7 nitrogen and oxygen atoms in total. The fraction of sp³-hybridized carbons (Fsp3) is 0.261. The first-order valence-corrected chi connectivity index (χ1v) is 10.7. The van der Waals surface area contributed by atoms with E-state index < -0.39 is 0 Å². The van der Waals surface area contributed by atoms with Crippen molar-refractivity contribution in [2.75, 3.05) is 36.5 Å². The molecule has 1 fully saturated rings. The van der Waals surface area contributed by atoms with Crippen LogP contribution in [0.4, 0.5) is 11.8 Å². The van der Waals surface area contributed by atoms with Gasteiger partial charge in [0.25, 0.3) is 0 Å². The third-order valence-electron chi connectivity index (χ3n) is 5.44. The molecule has 0 unspecified atom stereocenters. The fourth-order valence-corrected chi connectivity index (χ4v) is 3.89. The normalized spacial score (nSPS) is 15.2. The monoisotopic (exact) mass is 434 g/mol. The summed E-state index contributed by atoms with van der Waals surface area (Å²) in [6.45, 7) is 5.03. The summed E-state index contributed by atoms with van der Waals surface area (Å²) in [5.41, 5.74) is 2.82. The molecular formula is C23H23ClN6O.